The third kappa shape index (κ3) is 4.80. The molecule has 0 N–H and O–H groups in total. The summed E-state index contributed by atoms with van der Waals surface area (Å²) in [6.45, 7) is 8.77. The van der Waals surface area contributed by atoms with Crippen LogP contribution in [0.4, 0.5) is 4.79 Å². The van der Waals surface area contributed by atoms with Crippen molar-refractivity contribution in [3.05, 3.63) is 71.8 Å². The van der Waals surface area contributed by atoms with Crippen molar-refractivity contribution >= 4 is 13.5 Å². The number of ether oxygens (including phenoxy) is 1. The zero-order valence-corrected chi connectivity index (χ0v) is 15.2. The summed E-state index contributed by atoms with van der Waals surface area (Å²) in [5.41, 5.74) is 2.12. The van der Waals surface area contributed by atoms with Crippen molar-refractivity contribution < 1.29 is 9.53 Å². The van der Waals surface area contributed by atoms with Crippen molar-refractivity contribution in [2.45, 2.75) is 19.6 Å². The van der Waals surface area contributed by atoms with Crippen LogP contribution in [0.25, 0.3) is 0 Å². The average Bonchev–Trinajstić information content (AvgIpc) is 2.53. The lowest BCUT2D eigenvalue weighted by Crippen LogP contribution is -2.33. The Morgan fingerprint density at radius 2 is 1.52 bits per heavy atom. The van der Waals surface area contributed by atoms with Gasteiger partial charge in [-0.2, -0.15) is 4.67 Å². The topological polar surface area (TPSA) is 29.5 Å². The van der Waals surface area contributed by atoms with E-state index >= 15 is 0 Å². The maximum absolute atomic E-state index is 12.7. The van der Waals surface area contributed by atoms with E-state index in [4.69, 9.17) is 4.74 Å². The highest BCUT2D eigenvalue weighted by atomic mass is 31.2. The Balaban J connectivity index is 2.13. The van der Waals surface area contributed by atoms with Gasteiger partial charge >= 0.3 is 6.09 Å². The van der Waals surface area contributed by atoms with Crippen LogP contribution in [0.2, 0.25) is 0 Å². The van der Waals surface area contributed by atoms with Gasteiger partial charge in [-0.3, -0.25) is 0 Å². The lowest BCUT2D eigenvalue weighted by molar-refractivity contribution is 0.112. The molecule has 1 unspecified atom stereocenters. The summed E-state index contributed by atoms with van der Waals surface area (Å²) in [4.78, 5) is 12.7. The fourth-order valence-electron chi connectivity index (χ4n) is 2.58. The Hall–Kier alpha value is -1.86. The van der Waals surface area contributed by atoms with E-state index in [0.717, 1.165) is 11.1 Å². The van der Waals surface area contributed by atoms with Gasteiger partial charge in [-0.1, -0.05) is 60.7 Å². The van der Waals surface area contributed by atoms with E-state index in [9.17, 15) is 4.79 Å². The van der Waals surface area contributed by atoms with Gasteiger partial charge in [-0.15, -0.1) is 0 Å². The van der Waals surface area contributed by atoms with Crippen LogP contribution in [0.15, 0.2) is 60.7 Å². The van der Waals surface area contributed by atoms with Crippen molar-refractivity contribution in [1.29, 1.82) is 0 Å². The predicted molar refractivity (Wildman–Crippen MR) is 98.0 cm³/mol. The van der Waals surface area contributed by atoms with Gasteiger partial charge in [-0.05, 0) is 18.1 Å². The molecule has 0 heterocycles. The van der Waals surface area contributed by atoms with E-state index in [1.807, 2.05) is 53.2 Å². The number of rotatable bonds is 5. The van der Waals surface area contributed by atoms with E-state index in [1.165, 1.54) is 0 Å². The zero-order valence-electron chi connectivity index (χ0n) is 14.3. The van der Waals surface area contributed by atoms with E-state index in [2.05, 4.69) is 39.1 Å². The summed E-state index contributed by atoms with van der Waals surface area (Å²) in [6, 6.07) is 19.9. The van der Waals surface area contributed by atoms with Gasteiger partial charge in [0.1, 0.15) is 14.0 Å². The SMILES string of the molecule is CC(c1ccccc1)N(C(=O)OCc1ccccc1)[P+](C)(C)C. The second kappa shape index (κ2) is 7.61. The standard InChI is InChI=1S/C19H25NO2P/c1-16(18-13-9-6-10-14-18)20(23(2,3)4)19(21)22-15-17-11-7-5-8-12-17/h5-14,16H,15H2,1-4H3/q+1. The molecule has 0 saturated heterocycles. The molecule has 4 heteroatoms. The maximum Gasteiger partial charge on any atom is 0.442 e. The molecule has 2 rings (SSSR count). The molecule has 1 atom stereocenters. The number of nitrogens with zero attached hydrogens (tertiary/aromatic N) is 1. The summed E-state index contributed by atoms with van der Waals surface area (Å²) in [7, 11) is -1.57. The van der Waals surface area contributed by atoms with Crippen LogP contribution in [0.5, 0.6) is 0 Å². The first-order valence-electron chi connectivity index (χ1n) is 7.76. The van der Waals surface area contributed by atoms with Gasteiger partial charge in [0.2, 0.25) is 0 Å². The number of carbonyl (C=O) groups excluding carboxylic acids is 1. The van der Waals surface area contributed by atoms with Crippen LogP contribution < -0.4 is 0 Å². The van der Waals surface area contributed by atoms with Crippen molar-refractivity contribution in [2.24, 2.45) is 0 Å². The predicted octanol–water partition coefficient (Wildman–Crippen LogP) is 5.21. The third-order valence-corrected chi connectivity index (χ3v) is 5.49. The average molecular weight is 330 g/mol. The molecule has 0 aliphatic rings. The molecular formula is C19H25NO2P+. The molecular weight excluding hydrogens is 305 g/mol. The summed E-state index contributed by atoms with van der Waals surface area (Å²) in [5.74, 6) is 0. The first-order chi connectivity index (χ1) is 10.9. The quantitative estimate of drug-likeness (QED) is 0.704. The fraction of sp³-hybridized carbons (Fsp3) is 0.316. The number of hydrogen-bond acceptors (Lipinski definition) is 2. The number of carbonyl (C=O) groups is 1. The minimum absolute atomic E-state index is 0.00666. The molecule has 0 saturated carbocycles. The number of benzene rings is 2. The second-order valence-corrected chi connectivity index (χ2v) is 10.7. The number of amides is 1. The Bertz CT molecular complexity index is 623. The Morgan fingerprint density at radius 3 is 2.04 bits per heavy atom. The molecule has 122 valence electrons. The van der Waals surface area contributed by atoms with Crippen LogP contribution in [-0.2, 0) is 11.3 Å². The molecule has 3 nitrogen and oxygen atoms in total. The first kappa shape index (κ1) is 17.5. The summed E-state index contributed by atoms with van der Waals surface area (Å²) in [5, 5.41) is 0. The molecule has 0 aliphatic heterocycles. The Morgan fingerprint density at radius 1 is 1.00 bits per heavy atom. The van der Waals surface area contributed by atoms with Crippen LogP contribution in [0, 0.1) is 0 Å². The van der Waals surface area contributed by atoms with Crippen molar-refractivity contribution in [2.75, 3.05) is 20.0 Å². The van der Waals surface area contributed by atoms with Gasteiger partial charge in [0, 0.05) is 0 Å². The van der Waals surface area contributed by atoms with E-state index < -0.39 is 7.41 Å². The lowest BCUT2D eigenvalue weighted by Gasteiger charge is -2.32. The Labute approximate surface area is 139 Å². The normalized spacial score (nSPS) is 12.5. The zero-order chi connectivity index (χ0) is 16.9. The van der Waals surface area contributed by atoms with Crippen molar-refractivity contribution in [3.8, 4) is 0 Å². The molecule has 0 aromatic heterocycles. The summed E-state index contributed by atoms with van der Waals surface area (Å²) in [6.07, 6.45) is -0.244. The largest absolute Gasteiger partial charge is 0.442 e. The second-order valence-electron chi connectivity index (χ2n) is 6.41. The molecule has 0 fully saturated rings. The lowest BCUT2D eigenvalue weighted by atomic mass is 10.1. The summed E-state index contributed by atoms with van der Waals surface area (Å²) >= 11 is 0. The number of hydrogen-bond donors (Lipinski definition) is 0. The third-order valence-electron chi connectivity index (χ3n) is 3.69. The maximum atomic E-state index is 12.7. The fourth-order valence-corrected chi connectivity index (χ4v) is 4.30. The van der Waals surface area contributed by atoms with Crippen molar-refractivity contribution in [3.63, 3.8) is 0 Å². The molecule has 1 amide bonds. The minimum Gasteiger partial charge on any atom is -0.442 e. The van der Waals surface area contributed by atoms with Gasteiger partial charge in [0.25, 0.3) is 0 Å². The van der Waals surface area contributed by atoms with E-state index in [-0.39, 0.29) is 12.1 Å². The van der Waals surface area contributed by atoms with Crippen LogP contribution >= 0.6 is 7.41 Å². The van der Waals surface area contributed by atoms with E-state index in [0.29, 0.717) is 6.61 Å². The molecule has 2 aromatic rings. The van der Waals surface area contributed by atoms with Gasteiger partial charge in [-0.25, -0.2) is 4.79 Å². The highest BCUT2D eigenvalue weighted by Gasteiger charge is 2.39. The van der Waals surface area contributed by atoms with Gasteiger partial charge in [0.15, 0.2) is 0 Å². The molecule has 0 spiro atoms. The first-order valence-corrected chi connectivity index (χ1v) is 10.8. The van der Waals surface area contributed by atoms with E-state index in [1.54, 1.807) is 0 Å². The molecule has 0 radical (unpaired) electrons. The molecule has 23 heavy (non-hydrogen) atoms. The highest BCUT2D eigenvalue weighted by Crippen LogP contribution is 2.55. The minimum atomic E-state index is -1.57. The van der Waals surface area contributed by atoms with Crippen LogP contribution in [-0.4, -0.2) is 30.8 Å². The smallest absolute Gasteiger partial charge is 0.442 e. The monoisotopic (exact) mass is 330 g/mol. The highest BCUT2D eigenvalue weighted by molar-refractivity contribution is 7.72. The molecule has 0 aliphatic carbocycles. The molecule has 2 aromatic carbocycles. The molecule has 0 bridgehead atoms. The van der Waals surface area contributed by atoms with Crippen LogP contribution in [0.3, 0.4) is 0 Å². The van der Waals surface area contributed by atoms with Gasteiger partial charge < -0.3 is 4.74 Å². The Kier molecular flexibility index (Phi) is 5.79. The van der Waals surface area contributed by atoms with Gasteiger partial charge in [0.05, 0.1) is 26.0 Å². The van der Waals surface area contributed by atoms with Crippen molar-refractivity contribution in [1.82, 2.24) is 4.67 Å². The van der Waals surface area contributed by atoms with Crippen LogP contribution in [0.1, 0.15) is 24.1 Å². The summed E-state index contributed by atoms with van der Waals surface area (Å²) < 4.78 is 7.48.